The molecule has 0 aromatic rings. The van der Waals surface area contributed by atoms with Crippen molar-refractivity contribution in [1.82, 2.24) is 4.90 Å². The Kier molecular flexibility index (Phi) is 13.0. The molecule has 0 aliphatic carbocycles. The lowest BCUT2D eigenvalue weighted by molar-refractivity contribution is 0.464. The molecule has 0 aromatic heterocycles. The molecule has 1 radical (unpaired) electrons. The van der Waals surface area contributed by atoms with E-state index in [4.69, 9.17) is 4.79 Å². The zero-order chi connectivity index (χ0) is 6.99. The number of nitrogens with zero attached hydrogens (tertiary/aromatic N) is 1. The molecule has 0 aliphatic rings. The first-order valence-corrected chi connectivity index (χ1v) is 2.97. The fourth-order valence-corrected chi connectivity index (χ4v) is 0. The molecule has 4 heteroatoms. The van der Waals surface area contributed by atoms with Crippen LogP contribution in [0.3, 0.4) is 0 Å². The second-order valence-electron chi connectivity index (χ2n) is 1.63. The molecule has 0 fully saturated rings. The average molecular weight is 134 g/mol. The molecule has 0 aliphatic heterocycles. The van der Waals surface area contributed by atoms with Gasteiger partial charge in [0.15, 0.2) is 0 Å². The summed E-state index contributed by atoms with van der Waals surface area (Å²) in [5.41, 5.74) is 0. The van der Waals surface area contributed by atoms with Crippen molar-refractivity contribution in [2.24, 2.45) is 0 Å². The highest BCUT2D eigenvalue weighted by molar-refractivity contribution is 6.02. The Morgan fingerprint density at radius 1 is 1.50 bits per heavy atom. The van der Waals surface area contributed by atoms with E-state index in [9.17, 15) is 0 Å². The summed E-state index contributed by atoms with van der Waals surface area (Å²) in [6, 6.07) is 0. The zero-order valence-electron chi connectivity index (χ0n) is 5.76. The first-order chi connectivity index (χ1) is 3.65. The zero-order valence-corrected chi connectivity index (χ0v) is 7.76. The van der Waals surface area contributed by atoms with Crippen LogP contribution in [0.15, 0.2) is 0 Å². The van der Waals surface area contributed by atoms with Gasteiger partial charge in [0.1, 0.15) is 0 Å². The first kappa shape index (κ1) is 10.6. The predicted molar refractivity (Wildman–Crippen MR) is 36.3 cm³/mol. The molecule has 0 aromatic carbocycles. The molecule has 0 atom stereocenters. The van der Waals surface area contributed by atoms with Crippen molar-refractivity contribution in [3.8, 4) is 0 Å². The van der Waals surface area contributed by atoms with Crippen LogP contribution in [0.4, 0.5) is 0 Å². The smallest absolute Gasteiger partial charge is 0.402 e. The van der Waals surface area contributed by atoms with E-state index in [2.05, 4.69) is 4.43 Å². The second-order valence-corrected chi connectivity index (χ2v) is 2.04. The molecule has 0 saturated heterocycles. The van der Waals surface area contributed by atoms with E-state index < -0.39 is 0 Å². The van der Waals surface area contributed by atoms with Crippen LogP contribution in [0.5, 0.6) is 0 Å². The lowest BCUT2D eigenvalue weighted by Crippen LogP contribution is -1.99. The Morgan fingerprint density at radius 2 is 1.62 bits per heavy atom. The van der Waals surface area contributed by atoms with E-state index >= 15 is 0 Å². The quantitative estimate of drug-likeness (QED) is 0.410. The maximum absolute atomic E-state index is 8.86. The Morgan fingerprint density at radius 3 is 1.62 bits per heavy atom. The molecule has 0 heterocycles. The fraction of sp³-hybridized carbons (Fsp3) is 0.750. The van der Waals surface area contributed by atoms with Gasteiger partial charge in [-0.05, 0) is 21.1 Å². The van der Waals surface area contributed by atoms with Gasteiger partial charge >= 0.3 is 6.47 Å². The SMILES string of the molecule is CN(C)C.O=[C]O[SiH3]. The highest BCUT2D eigenvalue weighted by Gasteiger charge is 1.58. The molecule has 0 rings (SSSR count). The first-order valence-electron chi connectivity index (χ1n) is 2.16. The summed E-state index contributed by atoms with van der Waals surface area (Å²) in [7, 11) is 6.47. The van der Waals surface area contributed by atoms with Gasteiger partial charge in [-0.2, -0.15) is 0 Å². The van der Waals surface area contributed by atoms with Gasteiger partial charge in [0.05, 0.1) is 0 Å². The van der Waals surface area contributed by atoms with Gasteiger partial charge < -0.3 is 9.33 Å². The van der Waals surface area contributed by atoms with Crippen molar-refractivity contribution >= 4 is 17.0 Å². The Balaban J connectivity index is 0. The van der Waals surface area contributed by atoms with Gasteiger partial charge in [0, 0.05) is 0 Å². The van der Waals surface area contributed by atoms with Crippen LogP contribution >= 0.6 is 0 Å². The molecular formula is C4H12NO2Si. The topological polar surface area (TPSA) is 29.5 Å². The number of hydrogen-bond donors (Lipinski definition) is 0. The highest BCUT2D eigenvalue weighted by Crippen LogP contribution is 1.47. The van der Waals surface area contributed by atoms with E-state index in [-0.39, 0.29) is 0 Å². The largest absolute Gasteiger partial charge is 0.521 e. The van der Waals surface area contributed by atoms with E-state index in [1.54, 1.807) is 0 Å². The minimum Gasteiger partial charge on any atom is -0.521 e. The van der Waals surface area contributed by atoms with Gasteiger partial charge in [-0.3, -0.25) is 0 Å². The van der Waals surface area contributed by atoms with Crippen LogP contribution < -0.4 is 0 Å². The summed E-state index contributed by atoms with van der Waals surface area (Å²) in [6.07, 6.45) is 0. The molecule has 0 N–H and O–H groups in total. The maximum Gasteiger partial charge on any atom is 0.402 e. The third-order valence-electron chi connectivity index (χ3n) is 0.0833. The van der Waals surface area contributed by atoms with Crippen molar-refractivity contribution < 1.29 is 9.22 Å². The summed E-state index contributed by atoms with van der Waals surface area (Å²) in [5, 5.41) is 0. The minimum atomic E-state index is 0.466. The van der Waals surface area contributed by atoms with Crippen LogP contribution in [0.25, 0.3) is 0 Å². The summed E-state index contributed by atoms with van der Waals surface area (Å²) >= 11 is 0. The normalized spacial score (nSPS) is 7.50. The molecular weight excluding hydrogens is 122 g/mol. The van der Waals surface area contributed by atoms with Crippen molar-refractivity contribution in [2.45, 2.75) is 0 Å². The molecule has 0 spiro atoms. The third kappa shape index (κ3) is 291. The number of hydrogen-bond acceptors (Lipinski definition) is 3. The van der Waals surface area contributed by atoms with E-state index in [0.717, 1.165) is 0 Å². The molecule has 0 saturated carbocycles. The lowest BCUT2D eigenvalue weighted by atomic mass is 11.0. The van der Waals surface area contributed by atoms with Crippen LogP contribution in [-0.2, 0) is 9.22 Å². The van der Waals surface area contributed by atoms with E-state index in [1.165, 1.54) is 6.47 Å². The summed E-state index contributed by atoms with van der Waals surface area (Å²) < 4.78 is 3.88. The fourth-order valence-electron chi connectivity index (χ4n) is 0. The van der Waals surface area contributed by atoms with Crippen molar-refractivity contribution in [2.75, 3.05) is 21.1 Å². The van der Waals surface area contributed by atoms with Gasteiger partial charge in [0.2, 0.25) is 10.5 Å². The van der Waals surface area contributed by atoms with E-state index in [1.807, 2.05) is 26.0 Å². The Labute approximate surface area is 53.2 Å². The standard InChI is InChI=1S/C3H9N.CH3O2Si/c1-4(2)3;2-1-3-4/h1-3H3;4H3. The van der Waals surface area contributed by atoms with Crippen molar-refractivity contribution in [3.05, 3.63) is 0 Å². The molecule has 0 amide bonds. The molecule has 0 unspecified atom stereocenters. The van der Waals surface area contributed by atoms with Crippen molar-refractivity contribution in [3.63, 3.8) is 0 Å². The molecule has 8 heavy (non-hydrogen) atoms. The molecule has 3 nitrogen and oxygen atoms in total. The summed E-state index contributed by atoms with van der Waals surface area (Å²) in [5.74, 6) is 0. The van der Waals surface area contributed by atoms with Gasteiger partial charge in [-0.1, -0.05) is 0 Å². The third-order valence-corrected chi connectivity index (χ3v) is 0.250. The highest BCUT2D eigenvalue weighted by atomic mass is 28.2. The molecule has 49 valence electrons. The maximum atomic E-state index is 8.86. The molecule has 0 bridgehead atoms. The van der Waals surface area contributed by atoms with Crippen LogP contribution in [0, 0.1) is 0 Å². The van der Waals surface area contributed by atoms with Gasteiger partial charge in [-0.25, -0.2) is 4.79 Å². The van der Waals surface area contributed by atoms with Gasteiger partial charge in [-0.15, -0.1) is 0 Å². The summed E-state index contributed by atoms with van der Waals surface area (Å²) in [6.45, 7) is 1.24. The van der Waals surface area contributed by atoms with E-state index in [0.29, 0.717) is 10.5 Å². The predicted octanol–water partition coefficient (Wildman–Crippen LogP) is -1.47. The lowest BCUT2D eigenvalue weighted by Gasteiger charge is -1.90. The Hall–Kier alpha value is -0.353. The van der Waals surface area contributed by atoms with Gasteiger partial charge in [0.25, 0.3) is 0 Å². The van der Waals surface area contributed by atoms with Crippen LogP contribution in [0.1, 0.15) is 0 Å². The second kappa shape index (κ2) is 9.82. The number of rotatable bonds is 1. The monoisotopic (exact) mass is 134 g/mol. The number of carbonyl (C=O) groups excluding carboxylic acids is 1. The van der Waals surface area contributed by atoms with Crippen molar-refractivity contribution in [1.29, 1.82) is 0 Å². The Bertz CT molecular complexity index is 46.5. The van der Waals surface area contributed by atoms with Crippen LogP contribution in [0.2, 0.25) is 0 Å². The van der Waals surface area contributed by atoms with Crippen LogP contribution in [-0.4, -0.2) is 43.0 Å². The average Bonchev–Trinajstić information content (AvgIpc) is 1.65. The minimum absolute atomic E-state index is 0.466. The summed E-state index contributed by atoms with van der Waals surface area (Å²) in [4.78, 5) is 10.9.